The fourth-order valence-electron chi connectivity index (χ4n) is 4.00. The number of hydrogen-bond donors (Lipinski definition) is 3. The number of ether oxygens (including phenoxy) is 1. The third kappa shape index (κ3) is 8.38. The number of benzene rings is 2. The van der Waals surface area contributed by atoms with E-state index in [0.29, 0.717) is 29.6 Å². The largest absolute Gasteiger partial charge is 0.444 e. The average Bonchev–Trinajstić information content (AvgIpc) is 2.94. The summed E-state index contributed by atoms with van der Waals surface area (Å²) in [5.74, 6) is 0.684. The highest BCUT2D eigenvalue weighted by molar-refractivity contribution is 5.80. The Kier molecular flexibility index (Phi) is 9.24. The third-order valence-corrected chi connectivity index (χ3v) is 5.93. The van der Waals surface area contributed by atoms with Gasteiger partial charge < -0.3 is 20.7 Å². The van der Waals surface area contributed by atoms with Gasteiger partial charge in [0.05, 0.1) is 17.3 Å². The minimum atomic E-state index is -4.52. The molecule has 0 spiro atoms. The van der Waals surface area contributed by atoms with Gasteiger partial charge in [-0.3, -0.25) is 0 Å². The van der Waals surface area contributed by atoms with Crippen LogP contribution in [0.1, 0.15) is 44.9 Å². The normalized spacial score (nSPS) is 12.4. The lowest BCUT2D eigenvalue weighted by Crippen LogP contribution is -2.35. The molecule has 1 amide bonds. The molecule has 0 saturated carbocycles. The first-order valence-corrected chi connectivity index (χ1v) is 13.3. The first-order valence-electron chi connectivity index (χ1n) is 13.3. The second-order valence-electron chi connectivity index (χ2n) is 10.5. The summed E-state index contributed by atoms with van der Waals surface area (Å²) < 4.78 is 45.7. The molecule has 220 valence electrons. The number of anilines is 2. The van der Waals surface area contributed by atoms with Gasteiger partial charge in [0, 0.05) is 30.4 Å². The second kappa shape index (κ2) is 12.8. The number of nitrogens with one attached hydrogen (secondary N) is 3. The number of hydrogen-bond acceptors (Lipinski definition) is 8. The van der Waals surface area contributed by atoms with E-state index in [4.69, 9.17) is 4.74 Å². The maximum Gasteiger partial charge on any atom is 0.416 e. The first-order chi connectivity index (χ1) is 19.9. The van der Waals surface area contributed by atoms with Crippen molar-refractivity contribution in [2.24, 2.45) is 0 Å². The molecule has 2 aromatic carbocycles. The van der Waals surface area contributed by atoms with Crippen LogP contribution in [0.15, 0.2) is 72.9 Å². The molecule has 4 aromatic rings. The van der Waals surface area contributed by atoms with Crippen LogP contribution in [0.3, 0.4) is 0 Å². The van der Waals surface area contributed by atoms with Crippen LogP contribution in [0.25, 0.3) is 22.5 Å². The summed E-state index contributed by atoms with van der Waals surface area (Å²) in [4.78, 5) is 20.9. The smallest absolute Gasteiger partial charge is 0.416 e. The van der Waals surface area contributed by atoms with Crippen molar-refractivity contribution in [1.82, 2.24) is 25.5 Å². The van der Waals surface area contributed by atoms with E-state index in [0.717, 1.165) is 17.7 Å². The van der Waals surface area contributed by atoms with Crippen molar-refractivity contribution in [2.45, 2.75) is 45.5 Å². The average molecular weight is 580 g/mol. The number of amides is 1. The Bertz CT molecular complexity index is 1510. The van der Waals surface area contributed by atoms with E-state index in [1.807, 2.05) is 37.3 Å². The van der Waals surface area contributed by atoms with Gasteiger partial charge in [-0.2, -0.15) is 13.2 Å². The van der Waals surface area contributed by atoms with Crippen molar-refractivity contribution in [3.8, 4) is 22.5 Å². The lowest BCUT2D eigenvalue weighted by molar-refractivity contribution is -0.137. The second-order valence-corrected chi connectivity index (χ2v) is 10.5. The molecule has 1 atom stereocenters. The molecule has 0 radical (unpaired) electrons. The highest BCUT2D eigenvalue weighted by Gasteiger charge is 2.31. The fourth-order valence-corrected chi connectivity index (χ4v) is 4.00. The van der Waals surface area contributed by atoms with Crippen molar-refractivity contribution in [3.05, 3.63) is 84.1 Å². The van der Waals surface area contributed by atoms with Gasteiger partial charge in [0.2, 0.25) is 5.95 Å². The summed E-state index contributed by atoms with van der Waals surface area (Å²) in [6.45, 7) is 7.81. The Balaban J connectivity index is 1.62. The van der Waals surface area contributed by atoms with E-state index in [1.54, 1.807) is 45.2 Å². The summed E-state index contributed by atoms with van der Waals surface area (Å²) in [5, 5.41) is 17.4. The fraction of sp³-hybridized carbons (Fsp3) is 0.300. The maximum atomic E-state index is 13.5. The van der Waals surface area contributed by atoms with E-state index in [1.165, 1.54) is 6.07 Å². The molecule has 12 heteroatoms. The maximum absolute atomic E-state index is 13.5. The lowest BCUT2D eigenvalue weighted by Gasteiger charge is -2.19. The number of rotatable bonds is 9. The number of aromatic nitrogens is 4. The van der Waals surface area contributed by atoms with Crippen molar-refractivity contribution < 1.29 is 22.7 Å². The standard InChI is InChI=1S/C30H32F3N7O2/c1-19(20-9-6-5-7-10-20)37-27-35-14-13-24(38-27)23-18-25(34-15-16-36-28(41)42-29(2,3)4)39-40-26(23)21-11-8-12-22(17-21)30(31,32)33/h5-14,17-19H,15-16H2,1-4H3,(H,34,39)(H,36,41)(H,35,37,38)/t19-/m0/s1. The van der Waals surface area contributed by atoms with Gasteiger partial charge in [0.1, 0.15) is 17.1 Å². The zero-order valence-corrected chi connectivity index (χ0v) is 23.7. The van der Waals surface area contributed by atoms with E-state index in [2.05, 4.69) is 36.1 Å². The summed E-state index contributed by atoms with van der Waals surface area (Å²) in [7, 11) is 0. The SMILES string of the molecule is C[C@H](Nc1nccc(-c2cc(NCCNC(=O)OC(C)(C)C)nnc2-c2cccc(C(F)(F)F)c2)n1)c1ccccc1. The number of alkyl carbamates (subject to hydrolysis) is 1. The molecule has 0 aliphatic carbocycles. The zero-order valence-electron chi connectivity index (χ0n) is 23.7. The Hall–Kier alpha value is -4.74. The lowest BCUT2D eigenvalue weighted by atomic mass is 10.0. The molecular weight excluding hydrogens is 547 g/mol. The number of carbonyl (C=O) groups is 1. The van der Waals surface area contributed by atoms with E-state index in [9.17, 15) is 18.0 Å². The molecule has 0 aliphatic rings. The van der Waals surface area contributed by atoms with Crippen LogP contribution in [0.2, 0.25) is 0 Å². The van der Waals surface area contributed by atoms with Crippen LogP contribution in [-0.4, -0.2) is 44.9 Å². The van der Waals surface area contributed by atoms with Crippen molar-refractivity contribution in [1.29, 1.82) is 0 Å². The van der Waals surface area contributed by atoms with E-state index in [-0.39, 0.29) is 23.8 Å². The molecule has 3 N–H and O–H groups in total. The zero-order chi connectivity index (χ0) is 30.3. The number of halogens is 3. The van der Waals surface area contributed by atoms with Crippen molar-refractivity contribution in [2.75, 3.05) is 23.7 Å². The molecule has 0 fully saturated rings. The van der Waals surface area contributed by atoms with Crippen LogP contribution in [0, 0.1) is 0 Å². The Morgan fingerprint density at radius 3 is 2.43 bits per heavy atom. The quantitative estimate of drug-likeness (QED) is 0.187. The van der Waals surface area contributed by atoms with Crippen LogP contribution < -0.4 is 16.0 Å². The van der Waals surface area contributed by atoms with Crippen molar-refractivity contribution in [3.63, 3.8) is 0 Å². The van der Waals surface area contributed by atoms with Crippen molar-refractivity contribution >= 4 is 17.9 Å². The minimum Gasteiger partial charge on any atom is -0.444 e. The summed E-state index contributed by atoms with van der Waals surface area (Å²) in [5.41, 5.74) is 0.949. The van der Waals surface area contributed by atoms with Gasteiger partial charge in [0.25, 0.3) is 0 Å². The highest BCUT2D eigenvalue weighted by Crippen LogP contribution is 2.35. The minimum absolute atomic E-state index is 0.102. The van der Waals surface area contributed by atoms with E-state index >= 15 is 0 Å². The highest BCUT2D eigenvalue weighted by atomic mass is 19.4. The number of nitrogens with zero attached hydrogens (tertiary/aromatic N) is 4. The van der Waals surface area contributed by atoms with Gasteiger partial charge in [-0.25, -0.2) is 14.8 Å². The molecule has 2 heterocycles. The van der Waals surface area contributed by atoms with Gasteiger partial charge >= 0.3 is 12.3 Å². The monoisotopic (exact) mass is 579 g/mol. The van der Waals surface area contributed by atoms with Crippen LogP contribution in [0.5, 0.6) is 0 Å². The summed E-state index contributed by atoms with van der Waals surface area (Å²) in [6.07, 6.45) is -3.51. The topological polar surface area (TPSA) is 114 Å². The molecule has 0 bridgehead atoms. The number of alkyl halides is 3. The third-order valence-electron chi connectivity index (χ3n) is 5.93. The Morgan fingerprint density at radius 1 is 0.952 bits per heavy atom. The van der Waals surface area contributed by atoms with Gasteiger partial charge in [-0.05, 0) is 57.5 Å². The van der Waals surface area contributed by atoms with Gasteiger partial charge in [-0.15, -0.1) is 10.2 Å². The van der Waals surface area contributed by atoms with Gasteiger partial charge in [-0.1, -0.05) is 42.5 Å². The molecule has 0 saturated heterocycles. The molecule has 9 nitrogen and oxygen atoms in total. The van der Waals surface area contributed by atoms with Crippen LogP contribution in [0.4, 0.5) is 29.7 Å². The predicted octanol–water partition coefficient (Wildman–Crippen LogP) is 6.73. The first kappa shape index (κ1) is 30.2. The molecular formula is C30H32F3N7O2. The van der Waals surface area contributed by atoms with Gasteiger partial charge in [0.15, 0.2) is 0 Å². The molecule has 0 unspecified atom stereocenters. The number of carbonyl (C=O) groups excluding carboxylic acids is 1. The van der Waals surface area contributed by atoms with E-state index < -0.39 is 23.4 Å². The predicted molar refractivity (Wildman–Crippen MR) is 155 cm³/mol. The molecule has 0 aliphatic heterocycles. The Labute approximate surface area is 242 Å². The van der Waals surface area contributed by atoms with Crippen LogP contribution in [-0.2, 0) is 10.9 Å². The van der Waals surface area contributed by atoms with Crippen LogP contribution >= 0.6 is 0 Å². The Morgan fingerprint density at radius 2 is 1.71 bits per heavy atom. The molecule has 4 rings (SSSR count). The summed E-state index contributed by atoms with van der Waals surface area (Å²) in [6, 6.07) is 17.9. The summed E-state index contributed by atoms with van der Waals surface area (Å²) >= 11 is 0. The molecule has 42 heavy (non-hydrogen) atoms. The molecule has 2 aromatic heterocycles.